The van der Waals surface area contributed by atoms with Crippen molar-refractivity contribution in [1.29, 1.82) is 0 Å². The largest absolute Gasteiger partial charge is 0.388 e. The first-order chi connectivity index (χ1) is 14.2. The third-order valence-electron chi connectivity index (χ3n) is 5.20. The number of aromatic nitrogens is 4. The van der Waals surface area contributed by atoms with Crippen LogP contribution in [-0.4, -0.2) is 66.4 Å². The van der Waals surface area contributed by atoms with E-state index in [1.54, 1.807) is 24.7 Å². The molecule has 1 aliphatic heterocycles. The number of carbonyl (C=O) groups excluding carboxylic acids is 1. The molecule has 164 valence electrons. The minimum Gasteiger partial charge on any atom is -0.388 e. The number of rotatable bonds is 6. The fraction of sp³-hybridized carbons (Fsp3) is 0.579. The van der Waals surface area contributed by atoms with Crippen molar-refractivity contribution in [3.8, 4) is 0 Å². The normalized spacial score (nSPS) is 24.0. The van der Waals surface area contributed by atoms with Gasteiger partial charge in [-0.1, -0.05) is 6.92 Å². The molecule has 11 heteroatoms. The van der Waals surface area contributed by atoms with Crippen LogP contribution in [-0.2, 0) is 17.8 Å². The Morgan fingerprint density at radius 1 is 1.33 bits per heavy atom. The second-order valence-electron chi connectivity index (χ2n) is 7.51. The lowest BCUT2D eigenvalue weighted by atomic mass is 9.97. The molecule has 0 aromatic carbocycles. The molecule has 1 amide bonds. The molecule has 2 aromatic rings. The van der Waals surface area contributed by atoms with Crippen LogP contribution in [0.2, 0.25) is 0 Å². The highest BCUT2D eigenvalue weighted by molar-refractivity contribution is 5.95. The predicted octanol–water partition coefficient (Wildman–Crippen LogP) is -1.32. The smallest absolute Gasteiger partial charge is 0.328 e. The van der Waals surface area contributed by atoms with Crippen LogP contribution in [0.3, 0.4) is 0 Å². The van der Waals surface area contributed by atoms with E-state index < -0.39 is 41.5 Å². The minimum atomic E-state index is -1.34. The number of aromatic amines is 1. The van der Waals surface area contributed by atoms with E-state index in [1.807, 2.05) is 6.92 Å². The van der Waals surface area contributed by atoms with Crippen LogP contribution < -0.4 is 16.6 Å². The zero-order valence-corrected chi connectivity index (χ0v) is 17.2. The Morgan fingerprint density at radius 3 is 2.73 bits per heavy atom. The van der Waals surface area contributed by atoms with Crippen LogP contribution in [0.5, 0.6) is 0 Å². The molecular formula is C19H27N5O6. The average molecular weight is 421 g/mol. The van der Waals surface area contributed by atoms with E-state index in [0.29, 0.717) is 23.5 Å². The number of aliphatic hydroxyl groups excluding tert-OH is 2. The fourth-order valence-electron chi connectivity index (χ4n) is 3.54. The van der Waals surface area contributed by atoms with Crippen molar-refractivity contribution in [3.05, 3.63) is 50.1 Å². The summed E-state index contributed by atoms with van der Waals surface area (Å²) in [7, 11) is 0. The van der Waals surface area contributed by atoms with Gasteiger partial charge in [0.25, 0.3) is 11.5 Å². The SMILES string of the molecule is CCCn1cc(C(=O)N[C@@H]2CO[C@H](Cn3c(C)cc(=O)[nH]c3=O)[C@@H](O)[C@H]2O)c(C)n1. The van der Waals surface area contributed by atoms with Crippen molar-refractivity contribution < 1.29 is 19.7 Å². The molecule has 11 nitrogen and oxygen atoms in total. The van der Waals surface area contributed by atoms with Crippen molar-refractivity contribution in [1.82, 2.24) is 24.6 Å². The third-order valence-corrected chi connectivity index (χ3v) is 5.20. The maximum atomic E-state index is 12.6. The van der Waals surface area contributed by atoms with E-state index in [2.05, 4.69) is 15.4 Å². The van der Waals surface area contributed by atoms with Gasteiger partial charge in [-0.05, 0) is 20.3 Å². The molecule has 0 bridgehead atoms. The Hall–Kier alpha value is -2.76. The van der Waals surface area contributed by atoms with E-state index in [1.165, 1.54) is 10.6 Å². The number of hydrogen-bond acceptors (Lipinski definition) is 7. The molecule has 1 saturated heterocycles. The van der Waals surface area contributed by atoms with Gasteiger partial charge in [-0.2, -0.15) is 5.10 Å². The molecular weight excluding hydrogens is 394 g/mol. The van der Waals surface area contributed by atoms with Crippen molar-refractivity contribution in [2.45, 2.75) is 64.6 Å². The topological polar surface area (TPSA) is 151 Å². The summed E-state index contributed by atoms with van der Waals surface area (Å²) in [6.45, 7) is 5.91. The number of ether oxygens (including phenoxy) is 1. The molecule has 0 unspecified atom stereocenters. The zero-order chi connectivity index (χ0) is 22.0. The van der Waals surface area contributed by atoms with Crippen LogP contribution in [0.15, 0.2) is 21.9 Å². The molecule has 0 radical (unpaired) electrons. The third kappa shape index (κ3) is 4.53. The van der Waals surface area contributed by atoms with E-state index >= 15 is 0 Å². The molecule has 1 fully saturated rings. The van der Waals surface area contributed by atoms with Gasteiger partial charge in [0.2, 0.25) is 0 Å². The van der Waals surface area contributed by atoms with E-state index in [4.69, 9.17) is 4.74 Å². The van der Waals surface area contributed by atoms with Gasteiger partial charge in [0.15, 0.2) is 0 Å². The van der Waals surface area contributed by atoms with Gasteiger partial charge in [-0.15, -0.1) is 0 Å². The lowest BCUT2D eigenvalue weighted by Gasteiger charge is -2.38. The summed E-state index contributed by atoms with van der Waals surface area (Å²) in [5.74, 6) is -0.416. The summed E-state index contributed by atoms with van der Waals surface area (Å²) in [6.07, 6.45) is -0.995. The summed E-state index contributed by atoms with van der Waals surface area (Å²) in [4.78, 5) is 38.1. The van der Waals surface area contributed by atoms with Gasteiger partial charge in [0.1, 0.15) is 18.3 Å². The van der Waals surface area contributed by atoms with Crippen molar-refractivity contribution >= 4 is 5.91 Å². The highest BCUT2D eigenvalue weighted by atomic mass is 16.5. The lowest BCUT2D eigenvalue weighted by Crippen LogP contribution is -2.60. The van der Waals surface area contributed by atoms with Crippen molar-refractivity contribution in [3.63, 3.8) is 0 Å². The molecule has 0 aliphatic carbocycles. The average Bonchev–Trinajstić information content (AvgIpc) is 3.04. The highest BCUT2D eigenvalue weighted by Crippen LogP contribution is 2.18. The van der Waals surface area contributed by atoms with Crippen LogP contribution >= 0.6 is 0 Å². The van der Waals surface area contributed by atoms with Gasteiger partial charge in [-0.25, -0.2) is 4.79 Å². The number of carbonyl (C=O) groups is 1. The summed E-state index contributed by atoms with van der Waals surface area (Å²) in [5.41, 5.74) is 0.227. The lowest BCUT2D eigenvalue weighted by molar-refractivity contribution is -0.152. The maximum absolute atomic E-state index is 12.6. The molecule has 1 aliphatic rings. The standard InChI is InChI=1S/C19H27N5O6/c1-4-5-23-7-12(11(3)22-23)18(28)20-13-9-30-14(17(27)16(13)26)8-24-10(2)6-15(25)21-19(24)29/h6-7,13-14,16-17,26-27H,4-5,8-9H2,1-3H3,(H,20,28)(H,21,25,29)/t13-,14-,16+,17-/m1/s1. The number of nitrogens with one attached hydrogen (secondary N) is 2. The first-order valence-electron chi connectivity index (χ1n) is 9.84. The van der Waals surface area contributed by atoms with Crippen molar-refractivity contribution in [2.24, 2.45) is 0 Å². The number of hydrogen-bond donors (Lipinski definition) is 4. The molecule has 4 N–H and O–H groups in total. The van der Waals surface area contributed by atoms with Gasteiger partial charge in [0, 0.05) is 24.5 Å². The van der Waals surface area contributed by atoms with E-state index in [9.17, 15) is 24.6 Å². The maximum Gasteiger partial charge on any atom is 0.328 e. The Kier molecular flexibility index (Phi) is 6.54. The Morgan fingerprint density at radius 2 is 2.07 bits per heavy atom. The predicted molar refractivity (Wildman–Crippen MR) is 106 cm³/mol. The minimum absolute atomic E-state index is 0.0477. The summed E-state index contributed by atoms with van der Waals surface area (Å²) < 4.78 is 8.57. The molecule has 0 saturated carbocycles. The first kappa shape index (κ1) is 21.9. The highest BCUT2D eigenvalue weighted by Gasteiger charge is 2.39. The second-order valence-corrected chi connectivity index (χ2v) is 7.51. The van der Waals surface area contributed by atoms with E-state index in [-0.39, 0.29) is 13.2 Å². The molecule has 0 spiro atoms. The fourth-order valence-corrected chi connectivity index (χ4v) is 3.54. The molecule has 30 heavy (non-hydrogen) atoms. The Balaban J connectivity index is 1.67. The molecule has 3 rings (SSSR count). The zero-order valence-electron chi connectivity index (χ0n) is 17.2. The van der Waals surface area contributed by atoms with Gasteiger partial charge < -0.3 is 20.3 Å². The molecule has 3 heterocycles. The summed E-state index contributed by atoms with van der Waals surface area (Å²) >= 11 is 0. The first-order valence-corrected chi connectivity index (χ1v) is 9.84. The Bertz CT molecular complexity index is 1030. The number of nitrogens with zero attached hydrogens (tertiary/aromatic N) is 3. The van der Waals surface area contributed by atoms with Crippen LogP contribution in [0.4, 0.5) is 0 Å². The summed E-state index contributed by atoms with van der Waals surface area (Å²) in [6, 6.07) is 0.433. The van der Waals surface area contributed by atoms with Crippen LogP contribution in [0, 0.1) is 13.8 Å². The monoisotopic (exact) mass is 421 g/mol. The Labute approximate surface area is 172 Å². The number of aliphatic hydroxyl groups is 2. The molecule has 4 atom stereocenters. The van der Waals surface area contributed by atoms with Gasteiger partial charge in [-0.3, -0.25) is 23.8 Å². The summed E-state index contributed by atoms with van der Waals surface area (Å²) in [5, 5.41) is 28.0. The number of amides is 1. The van der Waals surface area contributed by atoms with Gasteiger partial charge in [0.05, 0.1) is 30.5 Å². The van der Waals surface area contributed by atoms with E-state index in [0.717, 1.165) is 6.42 Å². The molecule has 2 aromatic heterocycles. The van der Waals surface area contributed by atoms with Crippen molar-refractivity contribution in [2.75, 3.05) is 6.61 Å². The van der Waals surface area contributed by atoms with Crippen LogP contribution in [0.1, 0.15) is 35.1 Å². The quantitative estimate of drug-likeness (QED) is 0.451. The van der Waals surface area contributed by atoms with Gasteiger partial charge >= 0.3 is 5.69 Å². The van der Waals surface area contributed by atoms with Crippen LogP contribution in [0.25, 0.3) is 0 Å². The second kappa shape index (κ2) is 8.94. The number of aryl methyl sites for hydroxylation is 3. The number of H-pyrrole nitrogens is 1.